The summed E-state index contributed by atoms with van der Waals surface area (Å²) < 4.78 is 11.1. The van der Waals surface area contributed by atoms with Crippen LogP contribution in [0.1, 0.15) is 56.3 Å². The minimum atomic E-state index is 0.164. The van der Waals surface area contributed by atoms with Crippen LogP contribution in [0, 0.1) is 0 Å². The van der Waals surface area contributed by atoms with Gasteiger partial charge in [-0.05, 0) is 51.3 Å². The fourth-order valence-corrected chi connectivity index (χ4v) is 2.12. The molecule has 0 saturated carbocycles. The van der Waals surface area contributed by atoms with E-state index in [1.54, 1.807) is 6.07 Å². The molecule has 3 nitrogen and oxygen atoms in total. The second-order valence-corrected chi connectivity index (χ2v) is 4.84. The van der Waals surface area contributed by atoms with Crippen molar-refractivity contribution in [1.29, 1.82) is 0 Å². The molecular formula is C18H26O3. The van der Waals surface area contributed by atoms with Gasteiger partial charge in [-0.3, -0.25) is 4.79 Å². The number of unbranched alkanes of at least 4 members (excludes halogenated alkanes) is 3. The third-order valence-electron chi connectivity index (χ3n) is 3.18. The van der Waals surface area contributed by atoms with Gasteiger partial charge in [0.05, 0.1) is 13.2 Å². The number of Topliss-reactive ketones (excluding diaryl/α,β-unsaturated/α-hetero) is 1. The molecule has 3 heteroatoms. The first kappa shape index (κ1) is 17.3. The molecule has 0 aromatic heterocycles. The lowest BCUT2D eigenvalue weighted by atomic mass is 10.0. The first-order valence-electron chi connectivity index (χ1n) is 7.76. The van der Waals surface area contributed by atoms with E-state index >= 15 is 0 Å². The number of hydrogen-bond donors (Lipinski definition) is 0. The van der Waals surface area contributed by atoms with Crippen LogP contribution in [-0.4, -0.2) is 19.0 Å². The van der Waals surface area contributed by atoms with Crippen LogP contribution < -0.4 is 9.47 Å². The number of carbonyl (C=O) groups excluding carboxylic acids is 1. The molecule has 0 fully saturated rings. The molecule has 116 valence electrons. The number of benzene rings is 1. The highest BCUT2D eigenvalue weighted by Gasteiger charge is 2.11. The third-order valence-corrected chi connectivity index (χ3v) is 3.18. The lowest BCUT2D eigenvalue weighted by molar-refractivity contribution is 0.0978. The van der Waals surface area contributed by atoms with Crippen molar-refractivity contribution in [3.63, 3.8) is 0 Å². The molecule has 0 saturated heterocycles. The summed E-state index contributed by atoms with van der Waals surface area (Å²) >= 11 is 0. The van der Waals surface area contributed by atoms with Crippen molar-refractivity contribution in [2.75, 3.05) is 13.2 Å². The van der Waals surface area contributed by atoms with Crippen molar-refractivity contribution in [1.82, 2.24) is 0 Å². The van der Waals surface area contributed by atoms with Crippen molar-refractivity contribution in [3.8, 4) is 11.5 Å². The molecule has 0 unspecified atom stereocenters. The van der Waals surface area contributed by atoms with E-state index in [-0.39, 0.29) is 5.78 Å². The van der Waals surface area contributed by atoms with Crippen LogP contribution in [0.2, 0.25) is 0 Å². The van der Waals surface area contributed by atoms with E-state index in [0.717, 1.165) is 25.7 Å². The number of ether oxygens (including phenoxy) is 2. The average Bonchev–Trinajstić information content (AvgIpc) is 2.49. The number of rotatable bonds is 11. The Morgan fingerprint density at radius 1 is 1.10 bits per heavy atom. The molecule has 0 atom stereocenters. The molecule has 0 radical (unpaired) electrons. The maximum Gasteiger partial charge on any atom is 0.163 e. The second-order valence-electron chi connectivity index (χ2n) is 4.84. The van der Waals surface area contributed by atoms with Crippen LogP contribution in [0.4, 0.5) is 0 Å². The highest BCUT2D eigenvalue weighted by molar-refractivity contribution is 5.96. The number of hydrogen-bond acceptors (Lipinski definition) is 3. The molecule has 0 aliphatic rings. The fraction of sp³-hybridized carbons (Fsp3) is 0.500. The van der Waals surface area contributed by atoms with E-state index in [1.165, 1.54) is 0 Å². The Morgan fingerprint density at radius 3 is 2.48 bits per heavy atom. The molecular weight excluding hydrogens is 264 g/mol. The van der Waals surface area contributed by atoms with E-state index in [9.17, 15) is 4.79 Å². The minimum absolute atomic E-state index is 0.164. The number of allylic oxidation sites excluding steroid dienone is 1. The lowest BCUT2D eigenvalue weighted by Gasteiger charge is -2.12. The first-order valence-corrected chi connectivity index (χ1v) is 7.76. The van der Waals surface area contributed by atoms with Crippen molar-refractivity contribution in [2.24, 2.45) is 0 Å². The molecule has 1 rings (SSSR count). The minimum Gasteiger partial charge on any atom is -0.490 e. The molecule has 0 heterocycles. The Balaban J connectivity index is 2.62. The van der Waals surface area contributed by atoms with Gasteiger partial charge < -0.3 is 9.47 Å². The smallest absolute Gasteiger partial charge is 0.163 e. The van der Waals surface area contributed by atoms with Gasteiger partial charge >= 0.3 is 0 Å². The van der Waals surface area contributed by atoms with Crippen LogP contribution >= 0.6 is 0 Å². The van der Waals surface area contributed by atoms with Gasteiger partial charge in [0.1, 0.15) is 0 Å². The normalized spacial score (nSPS) is 10.2. The number of carbonyl (C=O) groups is 1. The molecule has 0 N–H and O–H groups in total. The van der Waals surface area contributed by atoms with E-state index in [2.05, 4.69) is 6.58 Å². The van der Waals surface area contributed by atoms with Gasteiger partial charge in [-0.2, -0.15) is 0 Å². The summed E-state index contributed by atoms with van der Waals surface area (Å²) in [6.45, 7) is 8.68. The highest BCUT2D eigenvalue weighted by Crippen LogP contribution is 2.29. The summed E-state index contributed by atoms with van der Waals surface area (Å²) in [5.41, 5.74) is 0.700. The van der Waals surface area contributed by atoms with Crippen molar-refractivity contribution in [3.05, 3.63) is 36.4 Å². The Kier molecular flexibility index (Phi) is 8.25. The summed E-state index contributed by atoms with van der Waals surface area (Å²) in [5, 5.41) is 0. The Hall–Kier alpha value is -1.77. The van der Waals surface area contributed by atoms with Gasteiger partial charge in [0.25, 0.3) is 0 Å². The Bertz CT molecular complexity index is 452. The monoisotopic (exact) mass is 290 g/mol. The topological polar surface area (TPSA) is 35.5 Å². The van der Waals surface area contributed by atoms with E-state index in [4.69, 9.17) is 9.47 Å². The van der Waals surface area contributed by atoms with Crippen molar-refractivity contribution in [2.45, 2.75) is 46.0 Å². The van der Waals surface area contributed by atoms with Crippen LogP contribution in [-0.2, 0) is 0 Å². The van der Waals surface area contributed by atoms with E-state index in [1.807, 2.05) is 32.1 Å². The zero-order valence-corrected chi connectivity index (χ0v) is 13.2. The molecule has 0 bridgehead atoms. The SMILES string of the molecule is C=CCCCCCC(=O)c1ccc(OCC)c(OCC)c1. The fourth-order valence-electron chi connectivity index (χ4n) is 2.12. The molecule has 0 aliphatic carbocycles. The Morgan fingerprint density at radius 2 is 1.81 bits per heavy atom. The molecule has 1 aromatic carbocycles. The van der Waals surface area contributed by atoms with Gasteiger partial charge in [-0.15, -0.1) is 6.58 Å². The number of ketones is 1. The van der Waals surface area contributed by atoms with Crippen molar-refractivity contribution >= 4 is 5.78 Å². The third kappa shape index (κ3) is 6.03. The van der Waals surface area contributed by atoms with Gasteiger partial charge in [0, 0.05) is 12.0 Å². The maximum atomic E-state index is 12.2. The van der Waals surface area contributed by atoms with E-state index in [0.29, 0.717) is 36.7 Å². The van der Waals surface area contributed by atoms with Gasteiger partial charge in [-0.25, -0.2) is 0 Å². The maximum absolute atomic E-state index is 12.2. The largest absolute Gasteiger partial charge is 0.490 e. The van der Waals surface area contributed by atoms with Crippen molar-refractivity contribution < 1.29 is 14.3 Å². The van der Waals surface area contributed by atoms with Crippen LogP contribution in [0.5, 0.6) is 11.5 Å². The van der Waals surface area contributed by atoms with Gasteiger partial charge in [0.2, 0.25) is 0 Å². The molecule has 0 aliphatic heterocycles. The predicted octanol–water partition coefficient (Wildman–Crippen LogP) is 4.80. The van der Waals surface area contributed by atoms with Crippen LogP contribution in [0.3, 0.4) is 0 Å². The standard InChI is InChI=1S/C18H26O3/c1-4-7-8-9-10-11-16(19)15-12-13-17(20-5-2)18(14-15)21-6-3/h4,12-14H,1,5-11H2,2-3H3. The summed E-state index contributed by atoms with van der Waals surface area (Å²) in [4.78, 5) is 12.2. The van der Waals surface area contributed by atoms with Gasteiger partial charge in [-0.1, -0.05) is 12.5 Å². The molecule has 21 heavy (non-hydrogen) atoms. The zero-order chi connectivity index (χ0) is 15.5. The van der Waals surface area contributed by atoms with Gasteiger partial charge in [0.15, 0.2) is 17.3 Å². The molecule has 0 spiro atoms. The summed E-state index contributed by atoms with van der Waals surface area (Å²) in [6.07, 6.45) is 6.60. The molecule has 1 aromatic rings. The summed E-state index contributed by atoms with van der Waals surface area (Å²) in [5.74, 6) is 1.51. The second kappa shape index (κ2) is 10.0. The lowest BCUT2D eigenvalue weighted by Crippen LogP contribution is -2.03. The predicted molar refractivity (Wildman–Crippen MR) is 86.4 cm³/mol. The zero-order valence-electron chi connectivity index (χ0n) is 13.2. The summed E-state index contributed by atoms with van der Waals surface area (Å²) in [7, 11) is 0. The van der Waals surface area contributed by atoms with E-state index < -0.39 is 0 Å². The van der Waals surface area contributed by atoms with Crippen LogP contribution in [0.15, 0.2) is 30.9 Å². The molecule has 0 amide bonds. The first-order chi connectivity index (χ1) is 10.2. The highest BCUT2D eigenvalue weighted by atomic mass is 16.5. The Labute approximate surface area is 128 Å². The quantitative estimate of drug-likeness (QED) is 0.333. The average molecular weight is 290 g/mol. The van der Waals surface area contributed by atoms with Crippen LogP contribution in [0.25, 0.3) is 0 Å². The summed E-state index contributed by atoms with van der Waals surface area (Å²) in [6, 6.07) is 5.43.